The van der Waals surface area contributed by atoms with E-state index in [4.69, 9.17) is 18.9 Å². The molecule has 2 aromatic rings. The number of likely N-dealkylation sites (tertiary alicyclic amines) is 2. The lowest BCUT2D eigenvalue weighted by Gasteiger charge is -2.64. The molecule has 2 unspecified atom stereocenters. The van der Waals surface area contributed by atoms with E-state index >= 15 is 0 Å². The van der Waals surface area contributed by atoms with Crippen LogP contribution < -0.4 is 18.9 Å². The second-order valence-corrected chi connectivity index (χ2v) is 21.9. The third-order valence-electron chi connectivity index (χ3n) is 19.2. The Morgan fingerprint density at radius 3 is 1.47 bits per heavy atom. The van der Waals surface area contributed by atoms with E-state index in [1.54, 1.807) is 0 Å². The molecule has 4 heterocycles. The highest BCUT2D eigenvalue weighted by molar-refractivity contribution is 5.81. The largest absolute Gasteiger partial charge is 0.482 e. The normalized spacial score (nSPS) is 42.4. The van der Waals surface area contributed by atoms with Crippen molar-refractivity contribution in [2.24, 2.45) is 23.7 Å². The van der Waals surface area contributed by atoms with Gasteiger partial charge in [-0.1, -0.05) is 31.4 Å². The van der Waals surface area contributed by atoms with Gasteiger partial charge in [-0.3, -0.25) is 19.4 Å². The monoisotopic (exact) mass is 850 g/mol. The molecule has 13 rings (SSSR count). The van der Waals surface area contributed by atoms with Crippen LogP contribution in [0, 0.1) is 23.7 Å². The summed E-state index contributed by atoms with van der Waals surface area (Å²) in [6.07, 6.45) is 11.6. The van der Waals surface area contributed by atoms with Gasteiger partial charge < -0.3 is 39.4 Å². The Labute approximate surface area is 363 Å². The van der Waals surface area contributed by atoms with Crippen LogP contribution in [-0.2, 0) is 33.3 Å². The summed E-state index contributed by atoms with van der Waals surface area (Å²) < 4.78 is 25.8. The molecule has 2 saturated heterocycles. The molecule has 2 spiro atoms. The fourth-order valence-corrected chi connectivity index (χ4v) is 15.8. The molecule has 7 aliphatic carbocycles. The molecule has 7 fully saturated rings. The van der Waals surface area contributed by atoms with E-state index < -0.39 is 70.2 Å². The van der Waals surface area contributed by atoms with Crippen molar-refractivity contribution in [3.05, 3.63) is 46.5 Å². The molecule has 0 radical (unpaired) electrons. The maximum absolute atomic E-state index is 14.1. The third kappa shape index (κ3) is 5.06. The summed E-state index contributed by atoms with van der Waals surface area (Å²) in [5.41, 5.74) is 0.413. The molecule has 4 bridgehead atoms. The number of carbonyl (C=O) groups excluding carboxylic acids is 2. The molecule has 2 aromatic carbocycles. The molecule has 4 N–H and O–H groups in total. The van der Waals surface area contributed by atoms with Gasteiger partial charge in [0.05, 0.1) is 46.1 Å². The second-order valence-electron chi connectivity index (χ2n) is 21.9. The number of benzene rings is 2. The van der Waals surface area contributed by atoms with E-state index in [0.29, 0.717) is 105 Å². The smallest absolute Gasteiger partial charge is 0.314 e. The van der Waals surface area contributed by atoms with Gasteiger partial charge in [0.25, 0.3) is 0 Å². The van der Waals surface area contributed by atoms with E-state index in [0.717, 1.165) is 48.4 Å². The average Bonchev–Trinajstić information content (AvgIpc) is 3.78. The molecular weight excluding hydrogens is 789 g/mol. The van der Waals surface area contributed by atoms with Crippen molar-refractivity contribution in [1.82, 2.24) is 9.80 Å². The van der Waals surface area contributed by atoms with Gasteiger partial charge in [-0.15, -0.1) is 0 Å². The fourth-order valence-electron chi connectivity index (χ4n) is 15.8. The molecule has 0 amide bonds. The van der Waals surface area contributed by atoms with Gasteiger partial charge >= 0.3 is 11.9 Å². The van der Waals surface area contributed by atoms with Crippen molar-refractivity contribution in [2.45, 2.75) is 174 Å². The van der Waals surface area contributed by atoms with Gasteiger partial charge in [-0.25, -0.2) is 0 Å². The lowest BCUT2D eigenvalue weighted by molar-refractivity contribution is -0.209. The van der Waals surface area contributed by atoms with Crippen LogP contribution in [0.3, 0.4) is 0 Å². The predicted molar refractivity (Wildman–Crippen MR) is 224 cm³/mol. The Kier molecular flexibility index (Phi) is 8.61. The van der Waals surface area contributed by atoms with E-state index in [1.165, 1.54) is 38.5 Å². The lowest BCUT2D eigenvalue weighted by Crippen LogP contribution is -2.77. The van der Waals surface area contributed by atoms with Crippen molar-refractivity contribution in [3.63, 3.8) is 0 Å². The number of esters is 2. The average molecular weight is 851 g/mol. The van der Waals surface area contributed by atoms with Crippen LogP contribution in [0.2, 0.25) is 0 Å². The summed E-state index contributed by atoms with van der Waals surface area (Å²) in [5, 5.41) is 48.5. The van der Waals surface area contributed by atoms with E-state index in [9.17, 15) is 30.0 Å². The highest BCUT2D eigenvalue weighted by Gasteiger charge is 2.74. The molecule has 332 valence electrons. The Morgan fingerprint density at radius 1 is 0.613 bits per heavy atom. The summed E-state index contributed by atoms with van der Waals surface area (Å²) in [6.45, 7) is 3.68. The maximum atomic E-state index is 14.1. The van der Waals surface area contributed by atoms with Crippen LogP contribution in [0.15, 0.2) is 24.3 Å². The minimum Gasteiger partial charge on any atom is -0.482 e. The number of hydrogen-bond donors (Lipinski definition) is 4. The summed E-state index contributed by atoms with van der Waals surface area (Å²) >= 11 is 0. The van der Waals surface area contributed by atoms with Crippen molar-refractivity contribution in [2.75, 3.05) is 26.2 Å². The van der Waals surface area contributed by atoms with E-state index in [2.05, 4.69) is 9.80 Å². The zero-order valence-electron chi connectivity index (χ0n) is 35.8. The van der Waals surface area contributed by atoms with Crippen LogP contribution in [-0.4, -0.2) is 116 Å². The summed E-state index contributed by atoms with van der Waals surface area (Å²) in [6, 6.07) is 7.63. The minimum atomic E-state index is -1.05. The van der Waals surface area contributed by atoms with Crippen molar-refractivity contribution in [3.8, 4) is 23.0 Å². The van der Waals surface area contributed by atoms with E-state index in [-0.39, 0.29) is 18.5 Å². The van der Waals surface area contributed by atoms with Crippen molar-refractivity contribution in [1.29, 1.82) is 0 Å². The lowest BCUT2D eigenvalue weighted by atomic mass is 9.48. The van der Waals surface area contributed by atoms with E-state index in [1.807, 2.05) is 24.3 Å². The van der Waals surface area contributed by atoms with Crippen LogP contribution in [0.5, 0.6) is 23.0 Å². The van der Waals surface area contributed by atoms with Gasteiger partial charge in [0.15, 0.2) is 23.0 Å². The zero-order valence-corrected chi connectivity index (χ0v) is 35.8. The van der Waals surface area contributed by atoms with Gasteiger partial charge in [-0.2, -0.15) is 0 Å². The number of piperidine rings is 2. The number of carbonyl (C=O) groups is 2. The highest BCUT2D eigenvalue weighted by atomic mass is 16.6. The quantitative estimate of drug-likeness (QED) is 0.216. The fraction of sp³-hybridized carbons (Fsp3) is 0.720. The maximum Gasteiger partial charge on any atom is 0.314 e. The molecule has 0 aromatic heterocycles. The topological polar surface area (TPSA) is 158 Å². The first-order valence-corrected chi connectivity index (χ1v) is 24.4. The highest BCUT2D eigenvalue weighted by Crippen LogP contribution is 2.67. The molecular formula is C50H62N2O10. The first-order chi connectivity index (χ1) is 30.0. The molecule has 12 nitrogen and oxygen atoms in total. The van der Waals surface area contributed by atoms with Crippen LogP contribution in [0.25, 0.3) is 0 Å². The Bertz CT molecular complexity index is 2070. The number of nitrogens with zero attached hydrogens (tertiary/aromatic N) is 2. The first-order valence-electron chi connectivity index (χ1n) is 24.4. The first kappa shape index (κ1) is 39.1. The SMILES string of the molecule is O=C(Oc1ccc2c3c1O[C@H]1[C@@H](O)CC[C@@]4(O)[C@@H](C2)N(CC2CCC2)CC[C@]314)C1CCCC(C(=O)Oc2ccc3c4c2O[C@H]2[C@@H](O)CC[C@@]5(O)[C@@H](C3)N(CC3CCC3)CC[C@]425)C1. The Balaban J connectivity index is 0.740. The number of rotatable bonds is 8. The molecule has 12 heteroatoms. The number of aliphatic hydroxyl groups is 4. The number of aliphatic hydroxyl groups excluding tert-OH is 2. The number of ether oxygens (including phenoxy) is 4. The number of hydrogen-bond acceptors (Lipinski definition) is 12. The predicted octanol–water partition coefficient (Wildman–Crippen LogP) is 4.63. The van der Waals surface area contributed by atoms with Crippen LogP contribution >= 0.6 is 0 Å². The van der Waals surface area contributed by atoms with Gasteiger partial charge in [-0.05, 0) is 144 Å². The van der Waals surface area contributed by atoms with Crippen LogP contribution in [0.1, 0.15) is 125 Å². The van der Waals surface area contributed by atoms with Gasteiger partial charge in [0.2, 0.25) is 0 Å². The summed E-state index contributed by atoms with van der Waals surface area (Å²) in [4.78, 5) is 33.3. The minimum absolute atomic E-state index is 0.0471. The Morgan fingerprint density at radius 2 is 1.05 bits per heavy atom. The molecule has 5 saturated carbocycles. The molecule has 11 aliphatic rings. The Hall–Kier alpha value is -3.26. The van der Waals surface area contributed by atoms with Crippen LogP contribution in [0.4, 0.5) is 0 Å². The standard InChI is InChI=1S/C50H62N2O10/c53-33-14-16-49(57)37-23-29-10-12-35(41-39(29)47(49,43(33)61-41)18-20-51(37)25-27-4-1-5-27)59-45(55)31-8-3-9-32(22-31)46(56)60-36-13-11-30-24-38-50(58)17-15-34(54)44-48(50,40(30)42(36)62-44)19-21-52(38)26-28-6-2-7-28/h10-13,27-28,31-34,37-38,43-44,53-54,57-58H,1-9,14-26H2/t31?,32?,33-,34-,37+,38+,43-,44-,47-,48-,49+,50+/m0/s1. The van der Waals surface area contributed by atoms with Gasteiger partial charge in [0, 0.05) is 36.3 Å². The van der Waals surface area contributed by atoms with Gasteiger partial charge in [0.1, 0.15) is 12.2 Å². The molecule has 12 atom stereocenters. The molecule has 62 heavy (non-hydrogen) atoms. The summed E-state index contributed by atoms with van der Waals surface area (Å²) in [7, 11) is 0. The van der Waals surface area contributed by atoms with Crippen molar-refractivity contribution < 1.29 is 49.0 Å². The third-order valence-corrected chi connectivity index (χ3v) is 19.2. The molecule has 4 aliphatic heterocycles. The summed E-state index contributed by atoms with van der Waals surface area (Å²) in [5.74, 6) is 1.08. The van der Waals surface area contributed by atoms with Crippen molar-refractivity contribution >= 4 is 11.9 Å². The zero-order chi connectivity index (χ0) is 41.9. The second kappa shape index (κ2) is 13.6.